The summed E-state index contributed by atoms with van der Waals surface area (Å²) in [6.07, 6.45) is 9.93. The quantitative estimate of drug-likeness (QED) is 0.127. The van der Waals surface area contributed by atoms with Crippen LogP contribution in [0, 0.1) is 11.8 Å². The second-order valence-corrected chi connectivity index (χ2v) is 22.6. The Balaban J connectivity index is 1.57. The predicted molar refractivity (Wildman–Crippen MR) is 201 cm³/mol. The van der Waals surface area contributed by atoms with Gasteiger partial charge in [0, 0.05) is 38.0 Å². The van der Waals surface area contributed by atoms with Gasteiger partial charge in [0.1, 0.15) is 16.9 Å². The Morgan fingerprint density at radius 3 is 2.20 bits per heavy atom. The van der Waals surface area contributed by atoms with Gasteiger partial charge in [-0.2, -0.15) is 0 Å². The Morgan fingerprint density at radius 2 is 1.62 bits per heavy atom. The molecule has 2 heterocycles. The van der Waals surface area contributed by atoms with Crippen LogP contribution >= 0.6 is 0 Å². The van der Waals surface area contributed by atoms with Gasteiger partial charge in [-0.25, -0.2) is 9.59 Å². The molecular formula is C40H63NO8Si. The molecule has 1 aromatic carbocycles. The van der Waals surface area contributed by atoms with E-state index in [1.54, 1.807) is 24.8 Å². The summed E-state index contributed by atoms with van der Waals surface area (Å²) >= 11 is 0. The van der Waals surface area contributed by atoms with Crippen LogP contribution in [0.2, 0.25) is 18.1 Å². The largest absolute Gasteiger partial charge is 0.452 e. The molecule has 0 spiro atoms. The van der Waals surface area contributed by atoms with Crippen LogP contribution in [0.1, 0.15) is 125 Å². The van der Waals surface area contributed by atoms with Gasteiger partial charge in [0.25, 0.3) is 0 Å². The number of hydrogen-bond donors (Lipinski definition) is 0. The van der Waals surface area contributed by atoms with Gasteiger partial charge < -0.3 is 28.1 Å². The maximum Gasteiger partial charge on any atom is 0.415 e. The zero-order valence-corrected chi connectivity index (χ0v) is 34.3. The average Bonchev–Trinajstić information content (AvgIpc) is 3.70. The highest BCUT2D eigenvalue weighted by Crippen LogP contribution is 2.42. The lowest BCUT2D eigenvalue weighted by molar-refractivity contribution is -0.148. The van der Waals surface area contributed by atoms with Crippen molar-refractivity contribution in [3.8, 4) is 5.75 Å². The third-order valence-corrected chi connectivity index (χ3v) is 14.5. The molecule has 2 aliphatic heterocycles. The summed E-state index contributed by atoms with van der Waals surface area (Å²) in [7, 11) is -1.88. The molecule has 1 saturated heterocycles. The molecular weight excluding hydrogens is 651 g/mol. The van der Waals surface area contributed by atoms with Gasteiger partial charge in [0.2, 0.25) is 5.79 Å². The van der Waals surface area contributed by atoms with Crippen LogP contribution in [0.15, 0.2) is 30.4 Å². The number of ether oxygens (including phenoxy) is 5. The van der Waals surface area contributed by atoms with Crippen molar-refractivity contribution in [1.29, 1.82) is 0 Å². The summed E-state index contributed by atoms with van der Waals surface area (Å²) in [6, 6.07) is 3.61. The highest BCUT2D eigenvalue weighted by Gasteiger charge is 2.44. The Hall–Kier alpha value is -2.66. The van der Waals surface area contributed by atoms with Gasteiger partial charge in [0.15, 0.2) is 14.1 Å². The maximum atomic E-state index is 13.4. The van der Waals surface area contributed by atoms with Crippen LogP contribution in [-0.2, 0) is 23.4 Å². The van der Waals surface area contributed by atoms with Gasteiger partial charge >= 0.3 is 12.1 Å². The van der Waals surface area contributed by atoms with E-state index in [2.05, 4.69) is 66.8 Å². The molecule has 0 radical (unpaired) electrons. The summed E-state index contributed by atoms with van der Waals surface area (Å²) in [4.78, 5) is 28.4. The Morgan fingerprint density at radius 1 is 0.980 bits per heavy atom. The van der Waals surface area contributed by atoms with Crippen molar-refractivity contribution in [3.63, 3.8) is 0 Å². The Kier molecular flexibility index (Phi) is 11.5. The second-order valence-electron chi connectivity index (χ2n) is 17.8. The third-order valence-electron chi connectivity index (χ3n) is 9.95. The van der Waals surface area contributed by atoms with Crippen molar-refractivity contribution in [2.75, 3.05) is 4.90 Å². The molecule has 1 aliphatic carbocycles. The molecule has 0 aromatic heterocycles. The number of amides is 1. The van der Waals surface area contributed by atoms with Crippen LogP contribution in [0.4, 0.5) is 10.5 Å². The molecule has 5 atom stereocenters. The van der Waals surface area contributed by atoms with Crippen molar-refractivity contribution >= 4 is 32.1 Å². The minimum Gasteiger partial charge on any atom is -0.452 e. The van der Waals surface area contributed by atoms with E-state index in [1.807, 2.05) is 52.8 Å². The van der Waals surface area contributed by atoms with Gasteiger partial charge in [-0.1, -0.05) is 58.9 Å². The number of nitrogens with zero attached hydrogens (tertiary/aromatic N) is 1. The SMILES string of the molecule is CC(/C=C\[C@@H](C)[C@H](C)O[Si](C)(C)C(C)(C)C)[C@H]1OC(C)(C)O[C@H]1C/C=C/c1cc(N(C(=O)OC(C)(C)C)C2CC2)cc2c1C(=O)OC(C)(C)O2. The third kappa shape index (κ3) is 10.0. The molecule has 2 fully saturated rings. The van der Waals surface area contributed by atoms with Crippen molar-refractivity contribution in [3.05, 3.63) is 41.5 Å². The minimum atomic E-state index is -1.88. The fourth-order valence-electron chi connectivity index (χ4n) is 6.05. The van der Waals surface area contributed by atoms with E-state index < -0.39 is 37.6 Å². The number of rotatable bonds is 11. The molecule has 50 heavy (non-hydrogen) atoms. The van der Waals surface area contributed by atoms with E-state index in [0.29, 0.717) is 29.0 Å². The van der Waals surface area contributed by atoms with E-state index in [-0.39, 0.29) is 41.2 Å². The first-order valence-corrected chi connectivity index (χ1v) is 21.2. The zero-order chi connectivity index (χ0) is 37.6. The summed E-state index contributed by atoms with van der Waals surface area (Å²) in [5.74, 6) is -1.67. The smallest absolute Gasteiger partial charge is 0.415 e. The van der Waals surface area contributed by atoms with Crippen LogP contribution in [-0.4, -0.2) is 61.9 Å². The lowest BCUT2D eigenvalue weighted by Gasteiger charge is -2.39. The van der Waals surface area contributed by atoms with Crippen LogP contribution < -0.4 is 9.64 Å². The van der Waals surface area contributed by atoms with Crippen molar-refractivity contribution in [2.45, 2.75) is 169 Å². The number of esters is 1. The maximum absolute atomic E-state index is 13.4. The fourth-order valence-corrected chi connectivity index (χ4v) is 7.54. The molecule has 0 bridgehead atoms. The highest BCUT2D eigenvalue weighted by molar-refractivity contribution is 6.74. The van der Waals surface area contributed by atoms with Gasteiger partial charge in [-0.3, -0.25) is 4.90 Å². The lowest BCUT2D eigenvalue weighted by Crippen LogP contribution is -2.44. The summed E-state index contributed by atoms with van der Waals surface area (Å²) in [5, 5.41) is 0.151. The zero-order valence-electron chi connectivity index (χ0n) is 33.3. The molecule has 1 unspecified atom stereocenters. The Labute approximate surface area is 302 Å². The molecule has 1 aromatic rings. The first-order valence-electron chi connectivity index (χ1n) is 18.3. The van der Waals surface area contributed by atoms with Crippen LogP contribution in [0.25, 0.3) is 6.08 Å². The van der Waals surface area contributed by atoms with Crippen molar-refractivity contribution in [2.24, 2.45) is 11.8 Å². The fraction of sp³-hybridized carbons (Fsp3) is 0.700. The summed E-state index contributed by atoms with van der Waals surface area (Å²) in [5.41, 5.74) is 0.881. The number of benzene rings is 1. The number of carbonyl (C=O) groups is 2. The van der Waals surface area contributed by atoms with Crippen LogP contribution in [0.5, 0.6) is 5.75 Å². The monoisotopic (exact) mass is 713 g/mol. The molecule has 4 rings (SSSR count). The number of anilines is 1. The van der Waals surface area contributed by atoms with Crippen molar-refractivity contribution in [1.82, 2.24) is 0 Å². The summed E-state index contributed by atoms with van der Waals surface area (Å²) < 4.78 is 37.0. The first kappa shape index (κ1) is 40.1. The van der Waals surface area contributed by atoms with E-state index in [9.17, 15) is 9.59 Å². The van der Waals surface area contributed by atoms with Gasteiger partial charge in [-0.05, 0) is 96.5 Å². The van der Waals surface area contributed by atoms with Crippen LogP contribution in [0.3, 0.4) is 0 Å². The topological polar surface area (TPSA) is 92.8 Å². The van der Waals surface area contributed by atoms with E-state index >= 15 is 0 Å². The standard InChI is InChI=1S/C40H63NO8Si/c1-25(27(3)49-50(14,15)38(7,8)9)19-20-26(2)34-31(44-39(10,11)46-34)18-16-17-28-23-30(24-32-33(28)35(42)47-40(12,13)45-32)41(29-21-22-29)36(43)48-37(4,5)6/h16-17,19-20,23-27,29,31,34H,18,21-22H2,1-15H3/b17-16+,20-19-/t25-,26?,27+,31+,34-/m1/s1. The first-order chi connectivity index (χ1) is 22.8. The molecule has 280 valence electrons. The second kappa shape index (κ2) is 14.4. The van der Waals surface area contributed by atoms with E-state index in [4.69, 9.17) is 28.1 Å². The Bertz CT molecular complexity index is 1460. The predicted octanol–water partition coefficient (Wildman–Crippen LogP) is 10.0. The van der Waals surface area contributed by atoms with Gasteiger partial charge in [0.05, 0.1) is 17.9 Å². The van der Waals surface area contributed by atoms with E-state index in [1.165, 1.54) is 0 Å². The molecule has 0 N–H and O–H groups in total. The van der Waals surface area contributed by atoms with E-state index in [0.717, 1.165) is 12.8 Å². The number of fused-ring (bicyclic) bond motifs is 1. The normalized spacial score (nSPS) is 24.0. The molecule has 1 amide bonds. The summed E-state index contributed by atoms with van der Waals surface area (Å²) in [6.45, 7) is 30.7. The number of hydrogen-bond acceptors (Lipinski definition) is 8. The van der Waals surface area contributed by atoms with Crippen molar-refractivity contribution < 1.29 is 37.7 Å². The molecule has 3 aliphatic rings. The minimum absolute atomic E-state index is 0.0224. The molecule has 10 heteroatoms. The molecule has 1 saturated carbocycles. The lowest BCUT2D eigenvalue weighted by atomic mass is 9.94. The van der Waals surface area contributed by atoms with Gasteiger partial charge in [-0.15, -0.1) is 0 Å². The average molecular weight is 714 g/mol. The number of cyclic esters (lactones) is 1. The highest BCUT2D eigenvalue weighted by atomic mass is 28.4. The number of carbonyl (C=O) groups excluding carboxylic acids is 2. The molecule has 9 nitrogen and oxygen atoms in total.